The molecule has 0 unspecified atom stereocenters. The molecule has 1 heterocycles. The molecule has 3 aromatic rings. The molecule has 0 aliphatic rings. The SMILES string of the molecule is CN(Cc1cc(Oc2ccc(NCCCNC(=O)OC(C)(C)C)nc2)cc(-c2cc(Cl)cc(Cl)c2)c1)C(=O)OC(C)(C)C. The summed E-state index contributed by atoms with van der Waals surface area (Å²) in [6.07, 6.45) is 1.45. The van der Waals surface area contributed by atoms with Crippen molar-refractivity contribution in [3.05, 3.63) is 70.3 Å². The second-order valence-electron chi connectivity index (χ2n) is 12.1. The lowest BCUT2D eigenvalue weighted by molar-refractivity contribution is 0.0284. The van der Waals surface area contributed by atoms with Crippen molar-refractivity contribution in [1.29, 1.82) is 0 Å². The van der Waals surface area contributed by atoms with Crippen molar-refractivity contribution in [3.8, 4) is 22.6 Å². The number of pyridine rings is 1. The lowest BCUT2D eigenvalue weighted by Gasteiger charge is -2.25. The normalized spacial score (nSPS) is 11.5. The van der Waals surface area contributed by atoms with Gasteiger partial charge in [0.05, 0.1) is 6.20 Å². The number of amides is 2. The van der Waals surface area contributed by atoms with Crippen LogP contribution in [0.5, 0.6) is 11.5 Å². The monoisotopic (exact) mass is 630 g/mol. The number of hydrogen-bond acceptors (Lipinski definition) is 7. The highest BCUT2D eigenvalue weighted by Crippen LogP contribution is 2.33. The quantitative estimate of drug-likeness (QED) is 0.216. The average molecular weight is 632 g/mol. The zero-order valence-corrected chi connectivity index (χ0v) is 27.2. The minimum Gasteiger partial charge on any atom is -0.456 e. The summed E-state index contributed by atoms with van der Waals surface area (Å²) in [6, 6.07) is 14.6. The zero-order valence-electron chi connectivity index (χ0n) is 25.7. The third kappa shape index (κ3) is 12.2. The van der Waals surface area contributed by atoms with Gasteiger partial charge in [-0.2, -0.15) is 0 Å². The number of anilines is 1. The molecule has 232 valence electrons. The predicted molar refractivity (Wildman–Crippen MR) is 171 cm³/mol. The number of carbonyl (C=O) groups is 2. The first kappa shape index (κ1) is 33.8. The Morgan fingerprint density at radius 3 is 2.09 bits per heavy atom. The van der Waals surface area contributed by atoms with Gasteiger partial charge in [-0.15, -0.1) is 0 Å². The van der Waals surface area contributed by atoms with Gasteiger partial charge >= 0.3 is 12.2 Å². The molecule has 0 spiro atoms. The van der Waals surface area contributed by atoms with Gasteiger partial charge in [0.15, 0.2) is 0 Å². The van der Waals surface area contributed by atoms with Crippen molar-refractivity contribution < 1.29 is 23.8 Å². The van der Waals surface area contributed by atoms with E-state index in [4.69, 9.17) is 37.4 Å². The molecule has 2 amide bonds. The molecule has 9 nitrogen and oxygen atoms in total. The Labute approximate surface area is 263 Å². The molecule has 2 aromatic carbocycles. The van der Waals surface area contributed by atoms with Crippen molar-refractivity contribution in [2.75, 3.05) is 25.5 Å². The molecule has 0 radical (unpaired) electrons. The number of nitrogens with one attached hydrogen (secondary N) is 2. The Morgan fingerprint density at radius 1 is 0.837 bits per heavy atom. The van der Waals surface area contributed by atoms with Gasteiger partial charge < -0.3 is 29.7 Å². The Morgan fingerprint density at radius 2 is 1.49 bits per heavy atom. The first-order chi connectivity index (χ1) is 20.1. The third-order valence-electron chi connectivity index (χ3n) is 5.59. The van der Waals surface area contributed by atoms with Crippen LogP contribution in [-0.4, -0.2) is 53.4 Å². The molecular weight excluding hydrogens is 591 g/mol. The van der Waals surface area contributed by atoms with E-state index >= 15 is 0 Å². The molecule has 1 aromatic heterocycles. The molecule has 0 saturated heterocycles. The van der Waals surface area contributed by atoms with E-state index in [2.05, 4.69) is 15.6 Å². The lowest BCUT2D eigenvalue weighted by atomic mass is 10.0. The van der Waals surface area contributed by atoms with E-state index in [-0.39, 0.29) is 6.54 Å². The lowest BCUT2D eigenvalue weighted by Crippen LogP contribution is -2.33. The predicted octanol–water partition coefficient (Wildman–Crippen LogP) is 8.54. The summed E-state index contributed by atoms with van der Waals surface area (Å²) in [6.45, 7) is 12.3. The number of aromatic nitrogens is 1. The molecule has 0 aliphatic carbocycles. The zero-order chi connectivity index (χ0) is 31.8. The van der Waals surface area contributed by atoms with E-state index in [0.717, 1.165) is 16.7 Å². The van der Waals surface area contributed by atoms with Crippen LogP contribution in [0.4, 0.5) is 15.4 Å². The van der Waals surface area contributed by atoms with E-state index in [1.54, 1.807) is 19.3 Å². The highest BCUT2D eigenvalue weighted by molar-refractivity contribution is 6.35. The number of carbonyl (C=O) groups excluding carboxylic acids is 2. The summed E-state index contributed by atoms with van der Waals surface area (Å²) in [4.78, 5) is 30.3. The summed E-state index contributed by atoms with van der Waals surface area (Å²) in [5, 5.41) is 6.97. The summed E-state index contributed by atoms with van der Waals surface area (Å²) in [5.41, 5.74) is 1.31. The Balaban J connectivity index is 1.69. The van der Waals surface area contributed by atoms with Crippen LogP contribution in [0.1, 0.15) is 53.5 Å². The molecule has 2 N–H and O–H groups in total. The maximum absolute atomic E-state index is 12.6. The van der Waals surface area contributed by atoms with Crippen LogP contribution in [0.15, 0.2) is 54.7 Å². The van der Waals surface area contributed by atoms with Gasteiger partial charge in [-0.3, -0.25) is 0 Å². The molecule has 0 atom stereocenters. The van der Waals surface area contributed by atoms with Gasteiger partial charge in [-0.1, -0.05) is 23.2 Å². The average Bonchev–Trinajstić information content (AvgIpc) is 2.86. The number of benzene rings is 2. The first-order valence-electron chi connectivity index (χ1n) is 14.0. The van der Waals surface area contributed by atoms with Crippen molar-refractivity contribution in [2.45, 2.75) is 65.7 Å². The van der Waals surface area contributed by atoms with Crippen LogP contribution in [0, 0.1) is 0 Å². The number of halogens is 2. The molecular formula is C32H40Cl2N4O5. The van der Waals surface area contributed by atoms with Gasteiger partial charge in [0.2, 0.25) is 0 Å². The van der Waals surface area contributed by atoms with Gasteiger partial charge in [-0.25, -0.2) is 14.6 Å². The van der Waals surface area contributed by atoms with Gasteiger partial charge in [-0.05, 0) is 113 Å². The minimum absolute atomic E-state index is 0.289. The first-order valence-corrected chi connectivity index (χ1v) is 14.7. The summed E-state index contributed by atoms with van der Waals surface area (Å²) >= 11 is 12.6. The van der Waals surface area contributed by atoms with Crippen LogP contribution < -0.4 is 15.4 Å². The number of ether oxygens (including phenoxy) is 3. The molecule has 0 bridgehead atoms. The van der Waals surface area contributed by atoms with Crippen molar-refractivity contribution in [1.82, 2.24) is 15.2 Å². The van der Waals surface area contributed by atoms with E-state index in [1.165, 1.54) is 4.90 Å². The van der Waals surface area contributed by atoms with E-state index in [9.17, 15) is 9.59 Å². The van der Waals surface area contributed by atoms with Crippen molar-refractivity contribution in [2.24, 2.45) is 0 Å². The van der Waals surface area contributed by atoms with Crippen LogP contribution in [0.2, 0.25) is 10.0 Å². The van der Waals surface area contributed by atoms with Crippen molar-refractivity contribution >= 4 is 41.2 Å². The Kier molecular flexibility index (Phi) is 11.5. The van der Waals surface area contributed by atoms with E-state index in [0.29, 0.717) is 46.9 Å². The Bertz CT molecular complexity index is 1380. The largest absolute Gasteiger partial charge is 0.456 e. The van der Waals surface area contributed by atoms with Gasteiger partial charge in [0.1, 0.15) is 28.5 Å². The molecule has 0 saturated carbocycles. The summed E-state index contributed by atoms with van der Waals surface area (Å²) in [7, 11) is 1.68. The fraction of sp³-hybridized carbons (Fsp3) is 0.406. The fourth-order valence-corrected chi connectivity index (χ4v) is 4.39. The second kappa shape index (κ2) is 14.7. The van der Waals surface area contributed by atoms with Crippen LogP contribution in [0.25, 0.3) is 11.1 Å². The fourth-order valence-electron chi connectivity index (χ4n) is 3.87. The van der Waals surface area contributed by atoms with Gasteiger partial charge in [0.25, 0.3) is 0 Å². The maximum atomic E-state index is 12.6. The van der Waals surface area contributed by atoms with E-state index in [1.807, 2.05) is 84.0 Å². The topological polar surface area (TPSA) is 102 Å². The smallest absolute Gasteiger partial charge is 0.410 e. The molecule has 0 fully saturated rings. The van der Waals surface area contributed by atoms with Crippen molar-refractivity contribution in [3.63, 3.8) is 0 Å². The highest BCUT2D eigenvalue weighted by atomic mass is 35.5. The third-order valence-corrected chi connectivity index (χ3v) is 6.02. The summed E-state index contributed by atoms with van der Waals surface area (Å²) in [5.74, 6) is 1.76. The molecule has 0 aliphatic heterocycles. The maximum Gasteiger partial charge on any atom is 0.410 e. The summed E-state index contributed by atoms with van der Waals surface area (Å²) < 4.78 is 16.9. The number of rotatable bonds is 10. The molecule has 3 rings (SSSR count). The number of nitrogens with zero attached hydrogens (tertiary/aromatic N) is 2. The second-order valence-corrected chi connectivity index (χ2v) is 12.9. The van der Waals surface area contributed by atoms with Gasteiger partial charge in [0, 0.05) is 36.7 Å². The standard InChI is InChI=1S/C32H40Cl2N4O5/c1-31(2,3)42-29(39)36-12-8-11-35-28-10-9-26(19-37-28)41-27-14-21(20-38(7)30(40)43-32(4,5)6)13-22(17-27)23-15-24(33)18-25(34)16-23/h9-10,13-19H,8,11-12,20H2,1-7H3,(H,35,37)(H,36,39). The highest BCUT2D eigenvalue weighted by Gasteiger charge is 2.20. The van der Waals surface area contributed by atoms with Crippen LogP contribution in [0.3, 0.4) is 0 Å². The number of hydrogen-bond donors (Lipinski definition) is 2. The molecule has 43 heavy (non-hydrogen) atoms. The minimum atomic E-state index is -0.607. The van der Waals surface area contributed by atoms with Crippen LogP contribution in [-0.2, 0) is 16.0 Å². The molecule has 11 heteroatoms. The van der Waals surface area contributed by atoms with Crippen LogP contribution >= 0.6 is 23.2 Å². The Hall–Kier alpha value is -3.69. The number of alkyl carbamates (subject to hydrolysis) is 1. The van der Waals surface area contributed by atoms with E-state index < -0.39 is 23.4 Å².